The molecule has 0 radical (unpaired) electrons. The van der Waals surface area contributed by atoms with Crippen LogP contribution in [0.2, 0.25) is 0 Å². The number of para-hydroxylation sites is 1. The van der Waals surface area contributed by atoms with E-state index in [-0.39, 0.29) is 17.9 Å². The lowest BCUT2D eigenvalue weighted by atomic mass is 10.2. The first-order chi connectivity index (χ1) is 11.6. The third-order valence-electron chi connectivity index (χ3n) is 3.14. The summed E-state index contributed by atoms with van der Waals surface area (Å²) < 4.78 is 23.1. The highest BCUT2D eigenvalue weighted by Crippen LogP contribution is 2.18. The largest absolute Gasteiger partial charge is 0.493 e. The van der Waals surface area contributed by atoms with E-state index in [0.717, 1.165) is 5.56 Å². The van der Waals surface area contributed by atoms with Crippen LogP contribution in [-0.4, -0.2) is 25.1 Å². The van der Waals surface area contributed by atoms with Gasteiger partial charge in [0.25, 0.3) is 5.91 Å². The molecule has 1 N–H and O–H groups in total. The van der Waals surface area contributed by atoms with Crippen molar-refractivity contribution in [3.8, 4) is 5.75 Å². The van der Waals surface area contributed by atoms with E-state index in [4.69, 9.17) is 9.47 Å². The number of esters is 1. The molecule has 0 aliphatic heterocycles. The third kappa shape index (κ3) is 5.08. The molecule has 5 nitrogen and oxygen atoms in total. The summed E-state index contributed by atoms with van der Waals surface area (Å²) in [6.45, 7) is 2.06. The molecule has 0 aliphatic carbocycles. The molecule has 0 saturated heterocycles. The molecule has 0 saturated carbocycles. The number of hydrogen-bond donors (Lipinski definition) is 1. The molecule has 0 atom stereocenters. The Kier molecular flexibility index (Phi) is 6.31. The molecule has 2 rings (SSSR count). The van der Waals surface area contributed by atoms with Gasteiger partial charge in [-0.1, -0.05) is 24.3 Å². The van der Waals surface area contributed by atoms with Crippen LogP contribution in [0.15, 0.2) is 48.5 Å². The predicted octanol–water partition coefficient (Wildman–Crippen LogP) is 2.70. The monoisotopic (exact) mass is 331 g/mol. The van der Waals surface area contributed by atoms with Gasteiger partial charge in [-0.3, -0.25) is 4.79 Å². The molecular formula is C18H18FNO4. The number of carbonyl (C=O) groups excluding carboxylic acids is 2. The Morgan fingerprint density at radius 2 is 1.79 bits per heavy atom. The lowest BCUT2D eigenvalue weighted by molar-refractivity contribution is -0.124. The fourth-order valence-corrected chi connectivity index (χ4v) is 1.98. The second-order valence-corrected chi connectivity index (χ2v) is 4.91. The number of rotatable bonds is 7. The Morgan fingerprint density at radius 3 is 2.50 bits per heavy atom. The van der Waals surface area contributed by atoms with Crippen molar-refractivity contribution in [2.75, 3.05) is 13.2 Å². The maximum atomic E-state index is 12.8. The number of benzene rings is 2. The van der Waals surface area contributed by atoms with E-state index in [1.54, 1.807) is 36.4 Å². The lowest BCUT2D eigenvalue weighted by Gasteiger charge is -2.10. The van der Waals surface area contributed by atoms with Crippen LogP contribution >= 0.6 is 0 Å². The molecule has 0 unspecified atom stereocenters. The van der Waals surface area contributed by atoms with Crippen molar-refractivity contribution >= 4 is 11.9 Å². The van der Waals surface area contributed by atoms with Crippen molar-refractivity contribution in [3.05, 3.63) is 65.5 Å². The van der Waals surface area contributed by atoms with Crippen LogP contribution in [0, 0.1) is 5.82 Å². The van der Waals surface area contributed by atoms with Gasteiger partial charge in [0.2, 0.25) is 0 Å². The van der Waals surface area contributed by atoms with Crippen LogP contribution in [0.4, 0.5) is 4.39 Å². The highest BCUT2D eigenvalue weighted by Gasteiger charge is 2.14. The van der Waals surface area contributed by atoms with Gasteiger partial charge < -0.3 is 14.8 Å². The summed E-state index contributed by atoms with van der Waals surface area (Å²) in [4.78, 5) is 23.8. The van der Waals surface area contributed by atoms with Gasteiger partial charge in [-0.25, -0.2) is 9.18 Å². The minimum atomic E-state index is -0.629. The number of carbonyl (C=O) groups is 2. The smallest absolute Gasteiger partial charge is 0.342 e. The van der Waals surface area contributed by atoms with Gasteiger partial charge in [0, 0.05) is 6.54 Å². The number of nitrogens with one attached hydrogen (secondary N) is 1. The highest BCUT2D eigenvalue weighted by atomic mass is 19.1. The van der Waals surface area contributed by atoms with Gasteiger partial charge in [0.1, 0.15) is 17.1 Å². The van der Waals surface area contributed by atoms with E-state index in [9.17, 15) is 14.0 Å². The van der Waals surface area contributed by atoms with Crippen LogP contribution in [0.5, 0.6) is 5.75 Å². The molecular weight excluding hydrogens is 313 g/mol. The predicted molar refractivity (Wildman–Crippen MR) is 86.1 cm³/mol. The highest BCUT2D eigenvalue weighted by molar-refractivity contribution is 5.93. The Morgan fingerprint density at radius 1 is 1.08 bits per heavy atom. The molecule has 0 fully saturated rings. The number of hydrogen-bond acceptors (Lipinski definition) is 4. The van der Waals surface area contributed by atoms with Crippen molar-refractivity contribution in [3.63, 3.8) is 0 Å². The first-order valence-corrected chi connectivity index (χ1v) is 7.50. The van der Waals surface area contributed by atoms with Crippen molar-refractivity contribution < 1.29 is 23.5 Å². The standard InChI is InChI=1S/C18H18FNO4/c1-2-23-16-6-4-3-5-15(16)18(22)24-12-17(21)20-11-13-7-9-14(19)10-8-13/h3-10H,2,11-12H2,1H3,(H,20,21). The molecule has 2 aromatic carbocycles. The van der Waals surface area contributed by atoms with Gasteiger partial charge in [-0.05, 0) is 36.8 Å². The maximum absolute atomic E-state index is 12.8. The topological polar surface area (TPSA) is 64.6 Å². The number of amides is 1. The van der Waals surface area contributed by atoms with E-state index in [0.29, 0.717) is 12.4 Å². The Labute approximate surface area is 139 Å². The average Bonchev–Trinajstić information content (AvgIpc) is 2.60. The normalized spacial score (nSPS) is 10.1. The van der Waals surface area contributed by atoms with Gasteiger partial charge in [0.15, 0.2) is 6.61 Å². The minimum Gasteiger partial charge on any atom is -0.493 e. The Hall–Kier alpha value is -2.89. The number of halogens is 1. The zero-order valence-electron chi connectivity index (χ0n) is 13.3. The first-order valence-electron chi connectivity index (χ1n) is 7.50. The van der Waals surface area contributed by atoms with Crippen LogP contribution in [0.3, 0.4) is 0 Å². The van der Waals surface area contributed by atoms with Crippen molar-refractivity contribution in [1.29, 1.82) is 0 Å². The summed E-state index contributed by atoms with van der Waals surface area (Å²) >= 11 is 0. The van der Waals surface area contributed by atoms with Crippen molar-refractivity contribution in [1.82, 2.24) is 5.32 Å². The quantitative estimate of drug-likeness (QED) is 0.792. The molecule has 0 aliphatic rings. The lowest BCUT2D eigenvalue weighted by Crippen LogP contribution is -2.28. The van der Waals surface area contributed by atoms with Crippen LogP contribution in [0.1, 0.15) is 22.8 Å². The van der Waals surface area contributed by atoms with Gasteiger partial charge in [-0.2, -0.15) is 0 Å². The molecule has 1 amide bonds. The third-order valence-corrected chi connectivity index (χ3v) is 3.14. The summed E-state index contributed by atoms with van der Waals surface area (Å²) in [5.41, 5.74) is 1.02. The molecule has 0 bridgehead atoms. The van der Waals surface area contributed by atoms with Crippen molar-refractivity contribution in [2.45, 2.75) is 13.5 Å². The maximum Gasteiger partial charge on any atom is 0.342 e. The molecule has 0 heterocycles. The molecule has 6 heteroatoms. The minimum absolute atomic E-state index is 0.228. The fraction of sp³-hybridized carbons (Fsp3) is 0.222. The molecule has 24 heavy (non-hydrogen) atoms. The summed E-state index contributed by atoms with van der Waals surface area (Å²) in [5.74, 6) is -0.999. The van der Waals surface area contributed by atoms with E-state index in [1.807, 2.05) is 6.92 Å². The molecule has 126 valence electrons. The van der Waals surface area contributed by atoms with Crippen LogP contribution < -0.4 is 10.1 Å². The SMILES string of the molecule is CCOc1ccccc1C(=O)OCC(=O)NCc1ccc(F)cc1. The van der Waals surface area contributed by atoms with E-state index < -0.39 is 18.5 Å². The van der Waals surface area contributed by atoms with E-state index in [2.05, 4.69) is 5.32 Å². The summed E-state index contributed by atoms with van der Waals surface area (Å²) in [5, 5.41) is 2.60. The second kappa shape index (κ2) is 8.67. The summed E-state index contributed by atoms with van der Waals surface area (Å²) in [6, 6.07) is 12.4. The van der Waals surface area contributed by atoms with Crippen LogP contribution in [-0.2, 0) is 16.1 Å². The second-order valence-electron chi connectivity index (χ2n) is 4.91. The zero-order valence-corrected chi connectivity index (χ0v) is 13.3. The van der Waals surface area contributed by atoms with Gasteiger partial charge in [-0.15, -0.1) is 0 Å². The van der Waals surface area contributed by atoms with Crippen molar-refractivity contribution in [2.24, 2.45) is 0 Å². The Balaban J connectivity index is 1.83. The number of ether oxygens (including phenoxy) is 2. The first kappa shape index (κ1) is 17.5. The molecule has 0 spiro atoms. The summed E-state index contributed by atoms with van der Waals surface area (Å²) in [7, 11) is 0. The van der Waals surface area contributed by atoms with Gasteiger partial charge in [0.05, 0.1) is 6.61 Å². The Bertz CT molecular complexity index is 700. The van der Waals surface area contributed by atoms with E-state index in [1.165, 1.54) is 12.1 Å². The molecule has 0 aromatic heterocycles. The van der Waals surface area contributed by atoms with E-state index >= 15 is 0 Å². The molecule has 2 aromatic rings. The zero-order chi connectivity index (χ0) is 17.4. The average molecular weight is 331 g/mol. The fourth-order valence-electron chi connectivity index (χ4n) is 1.98. The summed E-state index contributed by atoms with van der Waals surface area (Å²) in [6.07, 6.45) is 0. The van der Waals surface area contributed by atoms with Crippen LogP contribution in [0.25, 0.3) is 0 Å². The van der Waals surface area contributed by atoms with Gasteiger partial charge >= 0.3 is 5.97 Å².